The summed E-state index contributed by atoms with van der Waals surface area (Å²) in [5.74, 6) is -0.0202. The number of hydrogen-bond acceptors (Lipinski definition) is 5. The molecule has 0 atom stereocenters. The van der Waals surface area contributed by atoms with E-state index in [9.17, 15) is 9.59 Å². The van der Waals surface area contributed by atoms with E-state index < -0.39 is 5.97 Å². The van der Waals surface area contributed by atoms with Crippen molar-refractivity contribution in [1.82, 2.24) is 9.88 Å². The number of hydrogen-bond donors (Lipinski definition) is 0. The first-order valence-electron chi connectivity index (χ1n) is 6.84. The molecule has 6 nitrogen and oxygen atoms in total. The van der Waals surface area contributed by atoms with Gasteiger partial charge in [0.2, 0.25) is 5.76 Å². The first-order valence-corrected chi connectivity index (χ1v) is 6.84. The molecule has 1 aromatic rings. The summed E-state index contributed by atoms with van der Waals surface area (Å²) >= 11 is 0. The van der Waals surface area contributed by atoms with Crippen LogP contribution in [-0.2, 0) is 9.53 Å². The number of aryl methyl sites for hydroxylation is 2. The van der Waals surface area contributed by atoms with Crippen molar-refractivity contribution in [3.63, 3.8) is 0 Å². The van der Waals surface area contributed by atoms with Crippen molar-refractivity contribution in [1.29, 1.82) is 0 Å². The van der Waals surface area contributed by atoms with Gasteiger partial charge in [-0.25, -0.2) is 4.98 Å². The molecule has 1 aliphatic carbocycles. The Morgan fingerprint density at radius 1 is 1.35 bits per heavy atom. The summed E-state index contributed by atoms with van der Waals surface area (Å²) < 4.78 is 10.1. The zero-order chi connectivity index (χ0) is 14.7. The van der Waals surface area contributed by atoms with Crippen molar-refractivity contribution >= 4 is 11.9 Å². The van der Waals surface area contributed by atoms with Crippen molar-refractivity contribution in [3.8, 4) is 0 Å². The van der Waals surface area contributed by atoms with Gasteiger partial charge < -0.3 is 14.1 Å². The Morgan fingerprint density at radius 3 is 2.50 bits per heavy atom. The van der Waals surface area contributed by atoms with Gasteiger partial charge in [-0.1, -0.05) is 12.8 Å². The highest BCUT2D eigenvalue weighted by Crippen LogP contribution is 2.25. The van der Waals surface area contributed by atoms with E-state index in [2.05, 4.69) is 9.72 Å². The highest BCUT2D eigenvalue weighted by atomic mass is 16.5. The van der Waals surface area contributed by atoms with E-state index in [0.29, 0.717) is 11.6 Å². The highest BCUT2D eigenvalue weighted by molar-refractivity contribution is 5.94. The minimum atomic E-state index is -0.417. The lowest BCUT2D eigenvalue weighted by Gasteiger charge is -2.27. The van der Waals surface area contributed by atoms with E-state index in [4.69, 9.17) is 4.42 Å². The maximum atomic E-state index is 12.6. The number of amides is 1. The summed E-state index contributed by atoms with van der Waals surface area (Å²) in [7, 11) is 1.32. The third-order valence-corrected chi connectivity index (χ3v) is 3.65. The average Bonchev–Trinajstić information content (AvgIpc) is 3.04. The Labute approximate surface area is 118 Å². The van der Waals surface area contributed by atoms with Gasteiger partial charge in [-0.2, -0.15) is 0 Å². The minimum absolute atomic E-state index is 0.0425. The van der Waals surface area contributed by atoms with Crippen LogP contribution in [0.2, 0.25) is 0 Å². The third kappa shape index (κ3) is 3.00. The number of nitrogens with zero attached hydrogens (tertiary/aromatic N) is 2. The summed E-state index contributed by atoms with van der Waals surface area (Å²) in [6.45, 7) is 3.39. The van der Waals surface area contributed by atoms with E-state index in [0.717, 1.165) is 25.7 Å². The Balaban J connectivity index is 2.22. The lowest BCUT2D eigenvalue weighted by Crippen LogP contribution is -2.42. The first-order chi connectivity index (χ1) is 9.52. The number of oxazole rings is 1. The van der Waals surface area contributed by atoms with Crippen LogP contribution in [0.5, 0.6) is 0 Å². The van der Waals surface area contributed by atoms with Gasteiger partial charge in [0.05, 0.1) is 12.8 Å². The molecule has 0 bridgehead atoms. The lowest BCUT2D eigenvalue weighted by molar-refractivity contribution is -0.141. The predicted molar refractivity (Wildman–Crippen MR) is 71.3 cm³/mol. The van der Waals surface area contributed by atoms with Gasteiger partial charge in [-0.15, -0.1) is 0 Å². The molecule has 2 rings (SSSR count). The smallest absolute Gasteiger partial charge is 0.325 e. The summed E-state index contributed by atoms with van der Waals surface area (Å²) in [6.07, 6.45) is 3.97. The molecule has 1 aliphatic rings. The van der Waals surface area contributed by atoms with Crippen molar-refractivity contribution in [2.75, 3.05) is 13.7 Å². The molecule has 0 unspecified atom stereocenters. The lowest BCUT2D eigenvalue weighted by atomic mass is 10.2. The average molecular weight is 280 g/mol. The summed E-state index contributed by atoms with van der Waals surface area (Å²) in [5, 5.41) is 0. The molecule has 1 heterocycles. The largest absolute Gasteiger partial charge is 0.468 e. The number of rotatable bonds is 4. The Bertz CT molecular complexity index is 503. The maximum absolute atomic E-state index is 12.6. The molecule has 1 fully saturated rings. The Kier molecular flexibility index (Phi) is 4.42. The van der Waals surface area contributed by atoms with Crippen molar-refractivity contribution < 1.29 is 18.7 Å². The van der Waals surface area contributed by atoms with Crippen LogP contribution in [-0.4, -0.2) is 41.5 Å². The van der Waals surface area contributed by atoms with Gasteiger partial charge in [0.25, 0.3) is 5.91 Å². The predicted octanol–water partition coefficient (Wildman–Crippen LogP) is 1.85. The fourth-order valence-corrected chi connectivity index (χ4v) is 2.65. The number of methoxy groups -OCH3 is 1. The van der Waals surface area contributed by atoms with Crippen LogP contribution in [0.4, 0.5) is 0 Å². The topological polar surface area (TPSA) is 72.6 Å². The molecule has 0 aromatic carbocycles. The second kappa shape index (κ2) is 6.07. The molecule has 1 amide bonds. The summed E-state index contributed by atoms with van der Waals surface area (Å²) in [5.41, 5.74) is 0.556. The minimum Gasteiger partial charge on any atom is -0.468 e. The van der Waals surface area contributed by atoms with Gasteiger partial charge in [-0.3, -0.25) is 9.59 Å². The van der Waals surface area contributed by atoms with E-state index in [1.165, 1.54) is 7.11 Å². The van der Waals surface area contributed by atoms with Crippen molar-refractivity contribution in [2.45, 2.75) is 45.6 Å². The molecular formula is C14H20N2O4. The molecule has 0 saturated heterocycles. The van der Waals surface area contributed by atoms with Crippen LogP contribution < -0.4 is 0 Å². The van der Waals surface area contributed by atoms with Crippen LogP contribution >= 0.6 is 0 Å². The standard InChI is InChI=1S/C14H20N2O4/c1-9-13(20-10(2)15-9)14(18)16(8-12(17)19-3)11-6-4-5-7-11/h11H,4-8H2,1-3H3. The monoisotopic (exact) mass is 280 g/mol. The van der Waals surface area contributed by atoms with Crippen LogP contribution in [0.25, 0.3) is 0 Å². The fourth-order valence-electron chi connectivity index (χ4n) is 2.65. The molecule has 110 valence electrons. The van der Waals surface area contributed by atoms with Crippen LogP contribution in [0.1, 0.15) is 47.8 Å². The van der Waals surface area contributed by atoms with E-state index in [1.807, 2.05) is 0 Å². The molecule has 0 radical (unpaired) electrons. The van der Waals surface area contributed by atoms with E-state index in [1.54, 1.807) is 18.7 Å². The van der Waals surface area contributed by atoms with Crippen LogP contribution in [0.15, 0.2) is 4.42 Å². The normalized spacial score (nSPS) is 15.3. The number of ether oxygens (including phenoxy) is 1. The molecule has 1 aromatic heterocycles. The van der Waals surface area contributed by atoms with Gasteiger partial charge in [0.15, 0.2) is 5.89 Å². The zero-order valence-corrected chi connectivity index (χ0v) is 12.1. The second-order valence-corrected chi connectivity index (χ2v) is 5.09. The van der Waals surface area contributed by atoms with Gasteiger partial charge in [0.1, 0.15) is 6.54 Å². The second-order valence-electron chi connectivity index (χ2n) is 5.09. The fraction of sp³-hybridized carbons (Fsp3) is 0.643. The van der Waals surface area contributed by atoms with E-state index >= 15 is 0 Å². The molecular weight excluding hydrogens is 260 g/mol. The van der Waals surface area contributed by atoms with Gasteiger partial charge in [-0.05, 0) is 19.8 Å². The maximum Gasteiger partial charge on any atom is 0.325 e. The molecule has 0 spiro atoms. The molecule has 0 N–H and O–H groups in total. The molecule has 0 aliphatic heterocycles. The summed E-state index contributed by atoms with van der Waals surface area (Å²) in [6, 6.07) is 0.0754. The van der Waals surface area contributed by atoms with Crippen molar-refractivity contribution in [2.24, 2.45) is 0 Å². The number of esters is 1. The van der Waals surface area contributed by atoms with Crippen LogP contribution in [0, 0.1) is 13.8 Å². The first kappa shape index (κ1) is 14.6. The van der Waals surface area contributed by atoms with Crippen LogP contribution in [0.3, 0.4) is 0 Å². The highest BCUT2D eigenvalue weighted by Gasteiger charge is 2.32. The number of carbonyl (C=O) groups excluding carboxylic acids is 2. The zero-order valence-electron chi connectivity index (χ0n) is 12.1. The van der Waals surface area contributed by atoms with Crippen molar-refractivity contribution in [3.05, 3.63) is 17.3 Å². The number of carbonyl (C=O) groups is 2. The molecule has 20 heavy (non-hydrogen) atoms. The molecule has 6 heteroatoms. The quantitative estimate of drug-likeness (QED) is 0.787. The number of aromatic nitrogens is 1. The van der Waals surface area contributed by atoms with E-state index in [-0.39, 0.29) is 24.3 Å². The third-order valence-electron chi connectivity index (χ3n) is 3.65. The summed E-state index contributed by atoms with van der Waals surface area (Å²) in [4.78, 5) is 29.8. The SMILES string of the molecule is COC(=O)CN(C(=O)c1oc(C)nc1C)C1CCCC1. The van der Waals surface area contributed by atoms with Gasteiger partial charge >= 0.3 is 5.97 Å². The van der Waals surface area contributed by atoms with Gasteiger partial charge in [0, 0.05) is 13.0 Å². The molecule has 1 saturated carbocycles. The Morgan fingerprint density at radius 2 is 2.00 bits per heavy atom. The Hall–Kier alpha value is -1.85.